The molecule has 4 bridgehead atoms. The van der Waals surface area contributed by atoms with Crippen LogP contribution in [0.15, 0.2) is 40.9 Å². The van der Waals surface area contributed by atoms with Gasteiger partial charge < -0.3 is 0 Å². The predicted octanol–water partition coefficient (Wildman–Crippen LogP) is 4.35. The summed E-state index contributed by atoms with van der Waals surface area (Å²) in [5, 5.41) is 0. The Morgan fingerprint density at radius 1 is 1.04 bits per heavy atom. The molecule has 0 saturated heterocycles. The second-order valence-corrected chi connectivity index (χ2v) is 11.0. The lowest BCUT2D eigenvalue weighted by Gasteiger charge is -2.58. The van der Waals surface area contributed by atoms with Crippen LogP contribution in [0.3, 0.4) is 0 Å². The maximum Gasteiger partial charge on any atom is 0.264 e. The van der Waals surface area contributed by atoms with Gasteiger partial charge in [-0.1, -0.05) is 30.3 Å². The predicted molar refractivity (Wildman–Crippen MR) is 109 cm³/mol. The van der Waals surface area contributed by atoms with E-state index >= 15 is 0 Å². The number of nitrogens with zero attached hydrogens (tertiary/aromatic N) is 1. The standard InChI is InChI=1S/C22H28N2O2S/c1-14-20(19-6-4-3-5-7-19)27(25,26)24-21(14)23-15(2)22-11-16-8-17(12-22)10-18(9-16)13-22/h3-7,15-18H,8-13H2,1-2H3,(H,23,24). The zero-order chi connectivity index (χ0) is 18.8. The fourth-order valence-electron chi connectivity index (χ4n) is 6.67. The van der Waals surface area contributed by atoms with Gasteiger partial charge in [-0.05, 0) is 81.1 Å². The SMILES string of the molecule is CC1=C(c2ccccc2)S(=O)(=O)NC1=NC(C)C12CC3CC(CC(C3)C1)C2. The molecule has 1 aliphatic heterocycles. The average molecular weight is 385 g/mol. The third-order valence-corrected chi connectivity index (χ3v) is 9.07. The van der Waals surface area contributed by atoms with Crippen molar-refractivity contribution in [1.29, 1.82) is 0 Å². The van der Waals surface area contributed by atoms with Crippen molar-refractivity contribution in [3.8, 4) is 0 Å². The maximum absolute atomic E-state index is 12.8. The van der Waals surface area contributed by atoms with Gasteiger partial charge in [0.1, 0.15) is 10.7 Å². The highest BCUT2D eigenvalue weighted by atomic mass is 32.2. The summed E-state index contributed by atoms with van der Waals surface area (Å²) in [7, 11) is -3.54. The molecule has 1 atom stereocenters. The van der Waals surface area contributed by atoms with Crippen molar-refractivity contribution in [3.05, 3.63) is 41.5 Å². The smallest absolute Gasteiger partial charge is 0.264 e. The average Bonchev–Trinajstić information content (AvgIpc) is 2.83. The lowest BCUT2D eigenvalue weighted by molar-refractivity contribution is -0.0633. The third-order valence-electron chi connectivity index (χ3n) is 7.53. The monoisotopic (exact) mass is 384 g/mol. The van der Waals surface area contributed by atoms with E-state index in [1.165, 1.54) is 38.5 Å². The summed E-state index contributed by atoms with van der Waals surface area (Å²) in [6.07, 6.45) is 8.05. The van der Waals surface area contributed by atoms with Crippen molar-refractivity contribution in [2.24, 2.45) is 28.2 Å². The molecule has 1 aromatic carbocycles. The van der Waals surface area contributed by atoms with Gasteiger partial charge in [0, 0.05) is 5.57 Å². The van der Waals surface area contributed by atoms with Crippen LogP contribution in [0, 0.1) is 23.2 Å². The minimum Gasteiger partial charge on any atom is -0.264 e. The van der Waals surface area contributed by atoms with Crippen LogP contribution >= 0.6 is 0 Å². The topological polar surface area (TPSA) is 58.5 Å². The van der Waals surface area contributed by atoms with Gasteiger partial charge in [-0.3, -0.25) is 9.71 Å². The minimum absolute atomic E-state index is 0.161. The fourth-order valence-corrected chi connectivity index (χ4v) is 8.18. The highest BCUT2D eigenvalue weighted by Crippen LogP contribution is 2.61. The Labute approximate surface area is 162 Å². The first-order chi connectivity index (χ1) is 12.9. The molecule has 27 heavy (non-hydrogen) atoms. The molecule has 4 aliphatic carbocycles. The number of amidine groups is 1. The van der Waals surface area contributed by atoms with Crippen molar-refractivity contribution in [2.75, 3.05) is 0 Å². The van der Waals surface area contributed by atoms with Crippen molar-refractivity contribution in [3.63, 3.8) is 0 Å². The molecule has 0 amide bonds. The van der Waals surface area contributed by atoms with E-state index in [2.05, 4.69) is 11.6 Å². The van der Waals surface area contributed by atoms with Gasteiger partial charge in [-0.2, -0.15) is 0 Å². The van der Waals surface area contributed by atoms with E-state index in [4.69, 9.17) is 4.99 Å². The summed E-state index contributed by atoms with van der Waals surface area (Å²) < 4.78 is 28.3. The number of nitrogens with one attached hydrogen (secondary N) is 1. The van der Waals surface area contributed by atoms with Gasteiger partial charge in [-0.15, -0.1) is 0 Å². The van der Waals surface area contributed by atoms with Crippen LogP contribution in [0.5, 0.6) is 0 Å². The number of hydrogen-bond donors (Lipinski definition) is 1. The molecule has 1 N–H and O–H groups in total. The molecule has 0 spiro atoms. The van der Waals surface area contributed by atoms with E-state index in [-0.39, 0.29) is 11.5 Å². The van der Waals surface area contributed by atoms with Gasteiger partial charge in [-0.25, -0.2) is 8.42 Å². The van der Waals surface area contributed by atoms with Crippen LogP contribution < -0.4 is 4.72 Å². The number of benzene rings is 1. The van der Waals surface area contributed by atoms with Crippen LogP contribution in [0.1, 0.15) is 57.9 Å². The molecule has 5 aliphatic rings. The molecule has 1 heterocycles. The minimum atomic E-state index is -3.54. The Bertz CT molecular complexity index is 895. The highest BCUT2D eigenvalue weighted by molar-refractivity contribution is 8.00. The molecule has 0 radical (unpaired) electrons. The summed E-state index contributed by atoms with van der Waals surface area (Å²) >= 11 is 0. The van der Waals surface area contributed by atoms with E-state index in [9.17, 15) is 8.42 Å². The van der Waals surface area contributed by atoms with E-state index in [0.717, 1.165) is 28.9 Å². The molecule has 4 saturated carbocycles. The summed E-state index contributed by atoms with van der Waals surface area (Å²) in [5.74, 6) is 3.17. The second-order valence-electron chi connectivity index (χ2n) is 9.36. The molecular weight excluding hydrogens is 356 g/mol. The van der Waals surface area contributed by atoms with Gasteiger partial charge in [0.25, 0.3) is 10.0 Å². The summed E-state index contributed by atoms with van der Waals surface area (Å²) in [6, 6.07) is 9.51. The number of aliphatic imine (C=N–C) groups is 1. The first-order valence-electron chi connectivity index (χ1n) is 10.2. The van der Waals surface area contributed by atoms with Crippen LogP contribution in [-0.2, 0) is 10.0 Å². The summed E-state index contributed by atoms with van der Waals surface area (Å²) in [6.45, 7) is 4.09. The highest BCUT2D eigenvalue weighted by Gasteiger charge is 2.53. The summed E-state index contributed by atoms with van der Waals surface area (Å²) in [5.41, 5.74) is 1.76. The Kier molecular flexibility index (Phi) is 3.84. The molecule has 144 valence electrons. The Morgan fingerprint density at radius 2 is 1.59 bits per heavy atom. The number of rotatable bonds is 3. The van der Waals surface area contributed by atoms with E-state index in [0.29, 0.717) is 10.7 Å². The van der Waals surface area contributed by atoms with E-state index < -0.39 is 10.0 Å². The van der Waals surface area contributed by atoms with Crippen molar-refractivity contribution in [2.45, 2.75) is 58.4 Å². The van der Waals surface area contributed by atoms with Gasteiger partial charge in [0.05, 0.1) is 6.04 Å². The van der Waals surface area contributed by atoms with Gasteiger partial charge in [0.15, 0.2) is 0 Å². The molecule has 4 fully saturated rings. The largest absolute Gasteiger partial charge is 0.264 e. The van der Waals surface area contributed by atoms with E-state index in [1.54, 1.807) is 0 Å². The Hall–Kier alpha value is -1.62. The zero-order valence-electron chi connectivity index (χ0n) is 16.1. The maximum atomic E-state index is 12.8. The van der Waals surface area contributed by atoms with Gasteiger partial charge in [0.2, 0.25) is 0 Å². The Morgan fingerprint density at radius 3 is 2.15 bits per heavy atom. The van der Waals surface area contributed by atoms with E-state index in [1.807, 2.05) is 37.3 Å². The van der Waals surface area contributed by atoms with Crippen molar-refractivity contribution < 1.29 is 8.42 Å². The summed E-state index contributed by atoms with van der Waals surface area (Å²) in [4.78, 5) is 5.36. The molecule has 1 aromatic rings. The normalized spacial score (nSPS) is 39.0. The van der Waals surface area contributed by atoms with Crippen molar-refractivity contribution in [1.82, 2.24) is 4.72 Å². The molecular formula is C22H28N2O2S. The van der Waals surface area contributed by atoms with Crippen molar-refractivity contribution >= 4 is 20.8 Å². The molecule has 6 rings (SSSR count). The lowest BCUT2D eigenvalue weighted by Crippen LogP contribution is -2.50. The van der Waals surface area contributed by atoms with Crippen LogP contribution in [0.4, 0.5) is 0 Å². The molecule has 0 aromatic heterocycles. The zero-order valence-corrected chi connectivity index (χ0v) is 16.9. The quantitative estimate of drug-likeness (QED) is 0.842. The number of sulfonamides is 1. The van der Waals surface area contributed by atoms with Crippen LogP contribution in [0.25, 0.3) is 4.91 Å². The number of hydrogen-bond acceptors (Lipinski definition) is 3. The second kappa shape index (κ2) is 5.94. The first kappa shape index (κ1) is 17.5. The lowest BCUT2D eigenvalue weighted by atomic mass is 9.48. The molecule has 4 nitrogen and oxygen atoms in total. The fraction of sp³-hybridized carbons (Fsp3) is 0.591. The molecule has 5 heteroatoms. The van der Waals surface area contributed by atoms with Crippen LogP contribution in [-0.4, -0.2) is 20.3 Å². The molecule has 1 unspecified atom stereocenters. The Balaban J connectivity index is 1.50. The van der Waals surface area contributed by atoms with Crippen LogP contribution in [0.2, 0.25) is 0 Å². The third kappa shape index (κ3) is 2.77. The first-order valence-corrected chi connectivity index (χ1v) is 11.7. The van der Waals surface area contributed by atoms with Gasteiger partial charge >= 0.3 is 0 Å².